The Kier molecular flexibility index (Phi) is 6.92. The second-order valence-corrected chi connectivity index (χ2v) is 9.08. The van der Waals surface area contributed by atoms with Crippen molar-refractivity contribution in [3.63, 3.8) is 0 Å². The van der Waals surface area contributed by atoms with Crippen LogP contribution in [0.25, 0.3) is 0 Å². The van der Waals surface area contributed by atoms with Gasteiger partial charge in [0, 0.05) is 38.2 Å². The van der Waals surface area contributed by atoms with Crippen LogP contribution in [0.4, 0.5) is 5.69 Å². The molecule has 0 N–H and O–H groups in total. The largest absolute Gasteiger partial charge is 0.447 e. The van der Waals surface area contributed by atoms with E-state index < -0.39 is 0 Å². The summed E-state index contributed by atoms with van der Waals surface area (Å²) >= 11 is 0. The molecule has 1 aromatic heterocycles. The van der Waals surface area contributed by atoms with Crippen LogP contribution in [0.5, 0.6) is 0 Å². The average molecular weight is 477 g/mol. The van der Waals surface area contributed by atoms with Gasteiger partial charge in [-0.1, -0.05) is 60.7 Å². The van der Waals surface area contributed by atoms with Gasteiger partial charge in [-0.05, 0) is 35.7 Å². The Morgan fingerprint density at radius 1 is 1.03 bits per heavy atom. The highest BCUT2D eigenvalue weighted by Gasteiger charge is 2.30. The van der Waals surface area contributed by atoms with Gasteiger partial charge < -0.3 is 9.32 Å². The summed E-state index contributed by atoms with van der Waals surface area (Å²) in [5.41, 5.74) is 5.22. The Morgan fingerprint density at radius 2 is 1.78 bits per heavy atom. The molecule has 3 aromatic carbocycles. The molecule has 6 heteroatoms. The van der Waals surface area contributed by atoms with Crippen LogP contribution in [-0.2, 0) is 6.42 Å². The average Bonchev–Trinajstić information content (AvgIpc) is 3.44. The van der Waals surface area contributed by atoms with Gasteiger partial charge in [0.25, 0.3) is 0 Å². The molecule has 1 fully saturated rings. The Balaban J connectivity index is 1.30. The number of anilines is 1. The second kappa shape index (κ2) is 10.6. The Hall–Kier alpha value is -4.21. The Bertz CT molecular complexity index is 1370. The normalized spacial score (nSPS) is 14.8. The molecule has 180 valence electrons. The topological polar surface area (TPSA) is 73.4 Å². The van der Waals surface area contributed by atoms with Gasteiger partial charge in [0.2, 0.25) is 5.89 Å². The first-order chi connectivity index (χ1) is 17.6. The molecule has 4 aromatic rings. The zero-order valence-electron chi connectivity index (χ0n) is 20.3. The van der Waals surface area contributed by atoms with E-state index >= 15 is 0 Å². The number of hydrogen-bond acceptors (Lipinski definition) is 6. The van der Waals surface area contributed by atoms with Gasteiger partial charge >= 0.3 is 0 Å². The van der Waals surface area contributed by atoms with E-state index in [9.17, 15) is 10.1 Å². The summed E-state index contributed by atoms with van der Waals surface area (Å²) in [5.74, 6) is 0.756. The molecular formula is C30H28N4O2. The number of carbonyl (C=O) groups excluding carboxylic acids is 1. The smallest absolute Gasteiger partial charge is 0.215 e. The molecule has 0 bridgehead atoms. The number of piperazine rings is 1. The van der Waals surface area contributed by atoms with Crippen molar-refractivity contribution in [3.05, 3.63) is 119 Å². The van der Waals surface area contributed by atoms with Gasteiger partial charge in [0.05, 0.1) is 17.4 Å². The molecule has 0 saturated carbocycles. The van der Waals surface area contributed by atoms with Crippen LogP contribution in [0.3, 0.4) is 0 Å². The zero-order chi connectivity index (χ0) is 24.9. The van der Waals surface area contributed by atoms with Gasteiger partial charge in [-0.25, -0.2) is 4.98 Å². The highest BCUT2D eigenvalue weighted by atomic mass is 16.3. The molecule has 6 nitrogen and oxygen atoms in total. The molecule has 1 aliphatic rings. The van der Waals surface area contributed by atoms with Gasteiger partial charge in [-0.2, -0.15) is 5.26 Å². The molecule has 2 heterocycles. The van der Waals surface area contributed by atoms with Crippen LogP contribution in [0.1, 0.15) is 44.5 Å². The molecule has 36 heavy (non-hydrogen) atoms. The number of hydrogen-bond donors (Lipinski definition) is 0. The predicted octanol–water partition coefficient (Wildman–Crippen LogP) is 5.19. The molecule has 0 spiro atoms. The molecule has 1 atom stereocenters. The number of benzene rings is 3. The fourth-order valence-corrected chi connectivity index (χ4v) is 4.96. The van der Waals surface area contributed by atoms with Crippen LogP contribution < -0.4 is 4.90 Å². The lowest BCUT2D eigenvalue weighted by Crippen LogP contribution is -2.48. The van der Waals surface area contributed by atoms with Crippen molar-refractivity contribution in [1.82, 2.24) is 9.88 Å². The minimum absolute atomic E-state index is 0.0476. The summed E-state index contributed by atoms with van der Waals surface area (Å²) in [6.07, 6.45) is 3.58. The third-order valence-corrected chi connectivity index (χ3v) is 6.81. The number of nitrogens with zero attached hydrogens (tertiary/aromatic N) is 4. The first kappa shape index (κ1) is 23.5. The van der Waals surface area contributed by atoms with E-state index in [2.05, 4.69) is 33.0 Å². The van der Waals surface area contributed by atoms with Gasteiger partial charge in [-0.3, -0.25) is 9.69 Å². The summed E-state index contributed by atoms with van der Waals surface area (Å²) in [4.78, 5) is 21.9. The number of aromatic nitrogens is 1. The first-order valence-corrected chi connectivity index (χ1v) is 12.2. The highest BCUT2D eigenvalue weighted by molar-refractivity contribution is 5.98. The van der Waals surface area contributed by atoms with E-state index in [-0.39, 0.29) is 18.2 Å². The summed E-state index contributed by atoms with van der Waals surface area (Å²) in [7, 11) is 0. The predicted molar refractivity (Wildman–Crippen MR) is 139 cm³/mol. The van der Waals surface area contributed by atoms with Gasteiger partial charge in [0.1, 0.15) is 18.4 Å². The number of carbonyl (C=O) groups is 1. The van der Waals surface area contributed by atoms with E-state index in [1.807, 2.05) is 67.6 Å². The molecule has 1 aliphatic heterocycles. The first-order valence-electron chi connectivity index (χ1n) is 12.2. The van der Waals surface area contributed by atoms with E-state index in [1.54, 1.807) is 12.5 Å². The lowest BCUT2D eigenvalue weighted by atomic mass is 9.97. The van der Waals surface area contributed by atoms with Crippen LogP contribution in [0.2, 0.25) is 0 Å². The number of Topliss-reactive ketones (excluding diaryl/α,β-unsaturated/α-hetero) is 1. The maximum atomic E-state index is 12.8. The standard InChI is InChI=1S/C30H28N4O2/c1-22-7-5-6-10-26(22)28(35)20-23-11-12-27(25(19-23)21-31)33-14-16-34(17-15-33)29(30-32-13-18-36-30)24-8-3-2-4-9-24/h2-13,18-19,29H,14-17,20H2,1H3. The van der Waals surface area contributed by atoms with E-state index in [0.29, 0.717) is 11.5 Å². The fourth-order valence-electron chi connectivity index (χ4n) is 4.96. The van der Waals surface area contributed by atoms with Crippen molar-refractivity contribution in [3.8, 4) is 6.07 Å². The monoisotopic (exact) mass is 476 g/mol. The maximum absolute atomic E-state index is 12.8. The van der Waals surface area contributed by atoms with Crippen LogP contribution in [0.15, 0.2) is 89.7 Å². The van der Waals surface area contributed by atoms with Crippen LogP contribution in [0, 0.1) is 18.3 Å². The van der Waals surface area contributed by atoms with Gasteiger partial charge in [0.15, 0.2) is 5.78 Å². The molecule has 5 rings (SSSR count). The van der Waals surface area contributed by atoms with Crippen molar-refractivity contribution in [2.75, 3.05) is 31.1 Å². The molecular weight excluding hydrogens is 448 g/mol. The highest BCUT2D eigenvalue weighted by Crippen LogP contribution is 2.30. The fraction of sp³-hybridized carbons (Fsp3) is 0.233. The number of oxazole rings is 1. The SMILES string of the molecule is Cc1ccccc1C(=O)Cc1ccc(N2CCN(C(c3ccccc3)c3ncco3)CC2)c(C#N)c1. The van der Waals surface area contributed by atoms with Crippen molar-refractivity contribution in [2.45, 2.75) is 19.4 Å². The van der Waals surface area contributed by atoms with Crippen LogP contribution in [-0.4, -0.2) is 41.8 Å². The van der Waals surface area contributed by atoms with Crippen molar-refractivity contribution in [2.24, 2.45) is 0 Å². The zero-order valence-corrected chi connectivity index (χ0v) is 20.3. The number of nitriles is 1. The van der Waals surface area contributed by atoms with Crippen molar-refractivity contribution in [1.29, 1.82) is 5.26 Å². The molecule has 0 aliphatic carbocycles. The minimum Gasteiger partial charge on any atom is -0.447 e. The van der Waals surface area contributed by atoms with E-state index in [0.717, 1.165) is 54.1 Å². The van der Waals surface area contributed by atoms with E-state index in [1.165, 1.54) is 0 Å². The second-order valence-electron chi connectivity index (χ2n) is 9.08. The minimum atomic E-state index is -0.0476. The number of rotatable bonds is 7. The lowest BCUT2D eigenvalue weighted by molar-refractivity contribution is 0.0992. The Labute approximate surface area is 211 Å². The molecule has 1 unspecified atom stereocenters. The number of aryl methyl sites for hydroxylation is 1. The maximum Gasteiger partial charge on any atom is 0.215 e. The van der Waals surface area contributed by atoms with Gasteiger partial charge in [-0.15, -0.1) is 0 Å². The summed E-state index contributed by atoms with van der Waals surface area (Å²) in [6, 6.07) is 26.0. The van der Waals surface area contributed by atoms with E-state index in [4.69, 9.17) is 4.42 Å². The van der Waals surface area contributed by atoms with Crippen molar-refractivity contribution < 1.29 is 9.21 Å². The third kappa shape index (κ3) is 4.93. The Morgan fingerprint density at radius 3 is 2.47 bits per heavy atom. The molecule has 0 amide bonds. The van der Waals surface area contributed by atoms with Crippen molar-refractivity contribution >= 4 is 11.5 Å². The summed E-state index contributed by atoms with van der Waals surface area (Å²) < 4.78 is 5.70. The van der Waals surface area contributed by atoms with Crippen LogP contribution >= 0.6 is 0 Å². The quantitative estimate of drug-likeness (QED) is 0.342. The summed E-state index contributed by atoms with van der Waals surface area (Å²) in [5, 5.41) is 9.89. The number of ketones is 1. The lowest BCUT2D eigenvalue weighted by Gasteiger charge is -2.39. The molecule has 1 saturated heterocycles. The third-order valence-electron chi connectivity index (χ3n) is 6.81. The molecule has 0 radical (unpaired) electrons. The summed E-state index contributed by atoms with van der Waals surface area (Å²) in [6.45, 7) is 5.11.